The van der Waals surface area contributed by atoms with E-state index in [1.807, 2.05) is 42.9 Å². The fourth-order valence-electron chi connectivity index (χ4n) is 3.94. The molecule has 1 aliphatic carbocycles. The molecular weight excluding hydrogens is 366 g/mol. The molecule has 0 saturated carbocycles. The van der Waals surface area contributed by atoms with Crippen LogP contribution in [-0.2, 0) is 20.1 Å². The minimum atomic E-state index is -0.0897. The molecule has 0 aliphatic heterocycles. The van der Waals surface area contributed by atoms with Crippen molar-refractivity contribution in [3.05, 3.63) is 71.2 Å². The van der Waals surface area contributed by atoms with Gasteiger partial charge in [0.15, 0.2) is 0 Å². The lowest BCUT2D eigenvalue weighted by Gasteiger charge is -2.34. The maximum atomic E-state index is 12.8. The molecule has 1 aromatic carbocycles. The Morgan fingerprint density at radius 3 is 2.79 bits per heavy atom. The van der Waals surface area contributed by atoms with Crippen molar-refractivity contribution < 1.29 is 13.9 Å². The summed E-state index contributed by atoms with van der Waals surface area (Å²) in [6.07, 6.45) is 5.40. The first kappa shape index (κ1) is 19.3. The zero-order chi connectivity index (χ0) is 20.6. The standard InChI is InChI=1S/C23H27N3O3/c1-15-11-18-19(12-23(2,3)13-20(18)29-15)25-22(27)16-5-7-17(8-6-16)28-14-21-24-9-10-26(21)4/h5-11,19H,12-14H2,1-4H3,(H,25,27). The van der Waals surface area contributed by atoms with Crippen LogP contribution in [0.25, 0.3) is 0 Å². The van der Waals surface area contributed by atoms with Gasteiger partial charge in [0, 0.05) is 37.0 Å². The average molecular weight is 393 g/mol. The number of imidazole rings is 1. The summed E-state index contributed by atoms with van der Waals surface area (Å²) in [5.74, 6) is 3.34. The van der Waals surface area contributed by atoms with E-state index in [0.717, 1.165) is 35.7 Å². The third kappa shape index (κ3) is 4.21. The van der Waals surface area contributed by atoms with Gasteiger partial charge in [-0.25, -0.2) is 4.98 Å². The fraction of sp³-hybridized carbons (Fsp3) is 0.391. The van der Waals surface area contributed by atoms with Gasteiger partial charge in [-0.3, -0.25) is 4.79 Å². The maximum Gasteiger partial charge on any atom is 0.251 e. The van der Waals surface area contributed by atoms with Crippen LogP contribution in [0.15, 0.2) is 47.1 Å². The number of nitrogens with one attached hydrogen (secondary N) is 1. The van der Waals surface area contributed by atoms with E-state index < -0.39 is 0 Å². The van der Waals surface area contributed by atoms with Gasteiger partial charge in [0.2, 0.25) is 0 Å². The monoisotopic (exact) mass is 393 g/mol. The van der Waals surface area contributed by atoms with E-state index in [-0.39, 0.29) is 17.4 Å². The third-order valence-electron chi connectivity index (χ3n) is 5.45. The van der Waals surface area contributed by atoms with Crippen LogP contribution in [0.3, 0.4) is 0 Å². The Balaban J connectivity index is 1.43. The summed E-state index contributed by atoms with van der Waals surface area (Å²) in [5, 5.41) is 3.19. The topological polar surface area (TPSA) is 69.3 Å². The van der Waals surface area contributed by atoms with Crippen molar-refractivity contribution in [2.75, 3.05) is 0 Å². The predicted molar refractivity (Wildman–Crippen MR) is 110 cm³/mol. The molecule has 0 saturated heterocycles. The predicted octanol–water partition coefficient (Wildman–Crippen LogP) is 4.34. The van der Waals surface area contributed by atoms with Crippen molar-refractivity contribution in [2.24, 2.45) is 12.5 Å². The summed E-state index contributed by atoms with van der Waals surface area (Å²) in [7, 11) is 1.93. The van der Waals surface area contributed by atoms with Crippen molar-refractivity contribution in [2.45, 2.75) is 46.3 Å². The van der Waals surface area contributed by atoms with Gasteiger partial charge in [0.25, 0.3) is 5.91 Å². The molecule has 1 amide bonds. The zero-order valence-electron chi connectivity index (χ0n) is 17.4. The minimum Gasteiger partial charge on any atom is -0.486 e. The van der Waals surface area contributed by atoms with Crippen LogP contribution in [0, 0.1) is 12.3 Å². The second-order valence-electron chi connectivity index (χ2n) is 8.57. The molecule has 6 heteroatoms. The first-order valence-corrected chi connectivity index (χ1v) is 9.90. The van der Waals surface area contributed by atoms with Crippen molar-refractivity contribution in [3.63, 3.8) is 0 Å². The summed E-state index contributed by atoms with van der Waals surface area (Å²) in [5.41, 5.74) is 1.79. The van der Waals surface area contributed by atoms with Crippen LogP contribution in [-0.4, -0.2) is 15.5 Å². The molecular formula is C23H27N3O3. The number of carbonyl (C=O) groups is 1. The number of hydrogen-bond donors (Lipinski definition) is 1. The van der Waals surface area contributed by atoms with Gasteiger partial charge in [-0.1, -0.05) is 13.8 Å². The highest BCUT2D eigenvalue weighted by molar-refractivity contribution is 5.94. The zero-order valence-corrected chi connectivity index (χ0v) is 17.4. The van der Waals surface area contributed by atoms with E-state index in [2.05, 4.69) is 24.1 Å². The molecule has 0 bridgehead atoms. The molecule has 2 aromatic heterocycles. The number of ether oxygens (including phenoxy) is 1. The largest absolute Gasteiger partial charge is 0.486 e. The number of furan rings is 1. The quantitative estimate of drug-likeness (QED) is 0.700. The first-order valence-electron chi connectivity index (χ1n) is 9.90. The van der Waals surface area contributed by atoms with Crippen molar-refractivity contribution in [3.8, 4) is 5.75 Å². The van der Waals surface area contributed by atoms with Gasteiger partial charge in [0.1, 0.15) is 29.7 Å². The van der Waals surface area contributed by atoms with E-state index in [1.165, 1.54) is 0 Å². The van der Waals surface area contributed by atoms with E-state index in [4.69, 9.17) is 9.15 Å². The molecule has 0 radical (unpaired) electrons. The maximum absolute atomic E-state index is 12.8. The van der Waals surface area contributed by atoms with Gasteiger partial charge in [0.05, 0.1) is 6.04 Å². The molecule has 4 rings (SSSR count). The number of hydrogen-bond acceptors (Lipinski definition) is 4. The number of carbonyl (C=O) groups excluding carboxylic acids is 1. The lowest BCUT2D eigenvalue weighted by atomic mass is 9.74. The van der Waals surface area contributed by atoms with Crippen molar-refractivity contribution in [1.29, 1.82) is 0 Å². The number of nitrogens with zero attached hydrogens (tertiary/aromatic N) is 2. The normalized spacial score (nSPS) is 17.6. The van der Waals surface area contributed by atoms with E-state index in [0.29, 0.717) is 17.9 Å². The second kappa shape index (κ2) is 7.43. The van der Waals surface area contributed by atoms with E-state index in [9.17, 15) is 4.79 Å². The first-order chi connectivity index (χ1) is 13.8. The average Bonchev–Trinajstić information content (AvgIpc) is 3.24. The van der Waals surface area contributed by atoms with Crippen molar-refractivity contribution >= 4 is 5.91 Å². The number of rotatable bonds is 5. The van der Waals surface area contributed by atoms with Gasteiger partial charge < -0.3 is 19.0 Å². The van der Waals surface area contributed by atoms with Crippen LogP contribution in [0.2, 0.25) is 0 Å². The smallest absolute Gasteiger partial charge is 0.251 e. The highest BCUT2D eigenvalue weighted by Crippen LogP contribution is 2.42. The van der Waals surface area contributed by atoms with E-state index in [1.54, 1.807) is 18.3 Å². The fourth-order valence-corrected chi connectivity index (χ4v) is 3.94. The molecule has 1 aliphatic rings. The molecule has 3 aromatic rings. The van der Waals surface area contributed by atoms with Gasteiger partial charge in [-0.15, -0.1) is 0 Å². The summed E-state index contributed by atoms with van der Waals surface area (Å²) < 4.78 is 13.5. The van der Waals surface area contributed by atoms with Crippen LogP contribution in [0.5, 0.6) is 5.75 Å². The highest BCUT2D eigenvalue weighted by Gasteiger charge is 2.35. The molecule has 0 spiro atoms. The third-order valence-corrected chi connectivity index (χ3v) is 5.45. The van der Waals surface area contributed by atoms with Gasteiger partial charge >= 0.3 is 0 Å². The van der Waals surface area contributed by atoms with E-state index >= 15 is 0 Å². The number of benzene rings is 1. The molecule has 6 nitrogen and oxygen atoms in total. The molecule has 152 valence electrons. The summed E-state index contributed by atoms with van der Waals surface area (Å²) in [6, 6.07) is 9.21. The van der Waals surface area contributed by atoms with Crippen LogP contribution in [0.4, 0.5) is 0 Å². The van der Waals surface area contributed by atoms with Crippen molar-refractivity contribution in [1.82, 2.24) is 14.9 Å². The summed E-state index contributed by atoms with van der Waals surface area (Å²) >= 11 is 0. The summed E-state index contributed by atoms with van der Waals surface area (Å²) in [6.45, 7) is 6.75. The van der Waals surface area contributed by atoms with Gasteiger partial charge in [-0.2, -0.15) is 0 Å². The molecule has 1 N–H and O–H groups in total. The molecule has 2 heterocycles. The number of fused-ring (bicyclic) bond motifs is 1. The van der Waals surface area contributed by atoms with Crippen LogP contribution in [0.1, 0.15) is 59.6 Å². The Bertz CT molecular complexity index is 1010. The lowest BCUT2D eigenvalue weighted by molar-refractivity contribution is 0.0917. The second-order valence-corrected chi connectivity index (χ2v) is 8.57. The Kier molecular flexibility index (Phi) is 4.94. The number of amides is 1. The highest BCUT2D eigenvalue weighted by atomic mass is 16.5. The Hall–Kier alpha value is -3.02. The Morgan fingerprint density at radius 2 is 2.10 bits per heavy atom. The Morgan fingerprint density at radius 1 is 1.34 bits per heavy atom. The molecule has 0 fully saturated rings. The number of aromatic nitrogens is 2. The minimum absolute atomic E-state index is 0.0435. The number of aryl methyl sites for hydroxylation is 2. The SMILES string of the molecule is Cc1cc2c(o1)CC(C)(C)CC2NC(=O)c1ccc(OCc2nccn2C)cc1. The Labute approximate surface area is 170 Å². The molecule has 1 atom stereocenters. The van der Waals surface area contributed by atoms with Crippen LogP contribution >= 0.6 is 0 Å². The van der Waals surface area contributed by atoms with Gasteiger partial charge in [-0.05, 0) is 49.1 Å². The summed E-state index contributed by atoms with van der Waals surface area (Å²) in [4.78, 5) is 17.1. The molecule has 1 unspecified atom stereocenters. The lowest BCUT2D eigenvalue weighted by Crippen LogP contribution is -2.36. The van der Waals surface area contributed by atoms with Crippen LogP contribution < -0.4 is 10.1 Å². The molecule has 29 heavy (non-hydrogen) atoms.